The zero-order chi connectivity index (χ0) is 24.8. The molecule has 1 aliphatic heterocycles. The van der Waals surface area contributed by atoms with Crippen LogP contribution in [0.3, 0.4) is 0 Å². The average Bonchev–Trinajstić information content (AvgIpc) is 3.00. The summed E-state index contributed by atoms with van der Waals surface area (Å²) < 4.78 is 13.3. The molecule has 188 valence electrons. The zero-order valence-electron chi connectivity index (χ0n) is 21.4. The highest BCUT2D eigenvalue weighted by Crippen LogP contribution is 2.36. The number of fused-ring (bicyclic) bond motifs is 1. The van der Waals surface area contributed by atoms with Crippen molar-refractivity contribution in [1.82, 2.24) is 24.8 Å². The maximum atomic E-state index is 13.0. The molecule has 0 radical (unpaired) electrons. The van der Waals surface area contributed by atoms with Gasteiger partial charge in [0.15, 0.2) is 17.1 Å². The Balaban J connectivity index is 1.56. The number of aryl methyl sites for hydroxylation is 2. The number of likely N-dealkylation sites (tertiary alicyclic amines) is 1. The van der Waals surface area contributed by atoms with Crippen molar-refractivity contribution < 1.29 is 14.3 Å². The minimum Gasteiger partial charge on any atom is -0.490 e. The Morgan fingerprint density at radius 2 is 1.74 bits per heavy atom. The lowest BCUT2D eigenvalue weighted by Crippen LogP contribution is -2.35. The van der Waals surface area contributed by atoms with Crippen LogP contribution in [0.2, 0.25) is 0 Å². The summed E-state index contributed by atoms with van der Waals surface area (Å²) in [6.07, 6.45) is 6.77. The minimum atomic E-state index is -0.110. The molecule has 1 saturated heterocycles. The van der Waals surface area contributed by atoms with E-state index in [9.17, 15) is 4.79 Å². The van der Waals surface area contributed by atoms with Crippen LogP contribution in [0.5, 0.6) is 11.5 Å². The highest BCUT2D eigenvalue weighted by atomic mass is 16.5. The quantitative estimate of drug-likeness (QED) is 0.489. The standard InChI is InChI=1S/C27H37N5O3/c1-5-34-23-12-11-21(17-24(23)35-6-2)25-19(3)30-32-20(4)22(18-29-26(25)32)27(33)28-13-16-31-14-9-7-8-10-15-31/h11-12,17-18H,5-10,13-16H2,1-4H3,(H,28,33). The third-order valence-corrected chi connectivity index (χ3v) is 6.55. The lowest BCUT2D eigenvalue weighted by atomic mass is 10.1. The van der Waals surface area contributed by atoms with Gasteiger partial charge in [-0.3, -0.25) is 4.79 Å². The maximum Gasteiger partial charge on any atom is 0.254 e. The molecule has 35 heavy (non-hydrogen) atoms. The van der Waals surface area contributed by atoms with Gasteiger partial charge in [-0.1, -0.05) is 18.9 Å². The first-order chi connectivity index (χ1) is 17.0. The monoisotopic (exact) mass is 479 g/mol. The molecule has 0 unspecified atom stereocenters. The van der Waals surface area contributed by atoms with E-state index in [1.165, 1.54) is 25.7 Å². The Morgan fingerprint density at radius 1 is 1.03 bits per heavy atom. The van der Waals surface area contributed by atoms with Crippen LogP contribution in [0, 0.1) is 13.8 Å². The van der Waals surface area contributed by atoms with Crippen LogP contribution in [0.1, 0.15) is 61.3 Å². The Morgan fingerprint density at radius 3 is 2.46 bits per heavy atom. The number of amides is 1. The van der Waals surface area contributed by atoms with Gasteiger partial charge < -0.3 is 19.7 Å². The lowest BCUT2D eigenvalue weighted by Gasteiger charge is -2.19. The van der Waals surface area contributed by atoms with E-state index in [0.29, 0.717) is 36.7 Å². The van der Waals surface area contributed by atoms with Crippen LogP contribution in [-0.4, -0.2) is 64.8 Å². The summed E-state index contributed by atoms with van der Waals surface area (Å²) in [5, 5.41) is 7.80. The van der Waals surface area contributed by atoms with E-state index in [2.05, 4.69) is 15.2 Å². The molecule has 4 rings (SSSR count). The van der Waals surface area contributed by atoms with E-state index in [4.69, 9.17) is 14.6 Å². The first-order valence-electron chi connectivity index (χ1n) is 12.8. The lowest BCUT2D eigenvalue weighted by molar-refractivity contribution is 0.0947. The Labute approximate surface area is 207 Å². The van der Waals surface area contributed by atoms with Crippen LogP contribution in [0.4, 0.5) is 0 Å². The molecule has 8 heteroatoms. The van der Waals surface area contributed by atoms with E-state index >= 15 is 0 Å². The summed E-state index contributed by atoms with van der Waals surface area (Å²) >= 11 is 0. The Hall–Kier alpha value is -3.13. The third kappa shape index (κ3) is 5.59. The zero-order valence-corrected chi connectivity index (χ0v) is 21.4. The molecular weight excluding hydrogens is 442 g/mol. The SMILES string of the molecule is CCOc1ccc(-c2c(C)nn3c(C)c(C(=O)NCCN4CCCCCC4)cnc23)cc1OCC. The molecule has 0 bridgehead atoms. The van der Waals surface area contributed by atoms with Crippen molar-refractivity contribution in [2.24, 2.45) is 0 Å². The predicted octanol–water partition coefficient (Wildman–Crippen LogP) is 4.42. The topological polar surface area (TPSA) is 81.0 Å². The summed E-state index contributed by atoms with van der Waals surface area (Å²) in [4.78, 5) is 20.1. The highest BCUT2D eigenvalue weighted by molar-refractivity contribution is 5.95. The van der Waals surface area contributed by atoms with Gasteiger partial charge in [0.05, 0.1) is 30.2 Å². The number of nitrogens with zero attached hydrogens (tertiary/aromatic N) is 4. The number of carbonyl (C=O) groups is 1. The largest absolute Gasteiger partial charge is 0.490 e. The summed E-state index contributed by atoms with van der Waals surface area (Å²) in [5.74, 6) is 1.30. The summed E-state index contributed by atoms with van der Waals surface area (Å²) in [6.45, 7) is 12.6. The average molecular weight is 480 g/mol. The van der Waals surface area contributed by atoms with E-state index < -0.39 is 0 Å². The molecular formula is C27H37N5O3. The fourth-order valence-electron chi connectivity index (χ4n) is 4.75. The molecule has 8 nitrogen and oxygen atoms in total. The van der Waals surface area contributed by atoms with Crippen molar-refractivity contribution in [3.8, 4) is 22.6 Å². The number of ether oxygens (including phenoxy) is 2. The van der Waals surface area contributed by atoms with Gasteiger partial charge in [0.25, 0.3) is 5.91 Å². The summed E-state index contributed by atoms with van der Waals surface area (Å²) in [6, 6.07) is 5.89. The predicted molar refractivity (Wildman–Crippen MR) is 137 cm³/mol. The molecule has 1 N–H and O–H groups in total. The van der Waals surface area contributed by atoms with Gasteiger partial charge in [0.2, 0.25) is 0 Å². The first-order valence-corrected chi connectivity index (χ1v) is 12.8. The van der Waals surface area contributed by atoms with Crippen LogP contribution in [0.25, 0.3) is 16.8 Å². The third-order valence-electron chi connectivity index (χ3n) is 6.55. The van der Waals surface area contributed by atoms with Crippen molar-refractivity contribution in [1.29, 1.82) is 0 Å². The number of carbonyl (C=O) groups excluding carboxylic acids is 1. The van der Waals surface area contributed by atoms with Crippen LogP contribution in [0.15, 0.2) is 24.4 Å². The van der Waals surface area contributed by atoms with Gasteiger partial charge in [-0.05, 0) is 71.3 Å². The molecule has 0 atom stereocenters. The van der Waals surface area contributed by atoms with Crippen LogP contribution < -0.4 is 14.8 Å². The Bertz CT molecular complexity index is 1170. The van der Waals surface area contributed by atoms with E-state index in [1.54, 1.807) is 10.7 Å². The molecule has 1 aromatic carbocycles. The van der Waals surface area contributed by atoms with Crippen LogP contribution >= 0.6 is 0 Å². The Kier molecular flexibility index (Phi) is 8.23. The summed E-state index contributed by atoms with van der Waals surface area (Å²) in [5.41, 5.74) is 4.74. The van der Waals surface area contributed by atoms with Gasteiger partial charge in [-0.2, -0.15) is 5.10 Å². The van der Waals surface area contributed by atoms with E-state index in [-0.39, 0.29) is 5.91 Å². The number of hydrogen-bond acceptors (Lipinski definition) is 6. The second kappa shape index (κ2) is 11.5. The van der Waals surface area contributed by atoms with Gasteiger partial charge in [-0.25, -0.2) is 9.50 Å². The number of benzene rings is 1. The van der Waals surface area contributed by atoms with Crippen molar-refractivity contribution in [2.75, 3.05) is 39.4 Å². The molecule has 3 aromatic rings. The minimum absolute atomic E-state index is 0.110. The van der Waals surface area contributed by atoms with Gasteiger partial charge in [0, 0.05) is 24.8 Å². The number of hydrogen-bond donors (Lipinski definition) is 1. The number of nitrogens with one attached hydrogen (secondary N) is 1. The number of aromatic nitrogens is 3. The normalized spacial score (nSPS) is 14.6. The van der Waals surface area contributed by atoms with Crippen molar-refractivity contribution in [3.05, 3.63) is 41.3 Å². The maximum absolute atomic E-state index is 13.0. The molecule has 2 aromatic heterocycles. The second-order valence-corrected chi connectivity index (χ2v) is 8.99. The first kappa shape index (κ1) is 25.0. The highest BCUT2D eigenvalue weighted by Gasteiger charge is 2.20. The molecule has 0 saturated carbocycles. The van der Waals surface area contributed by atoms with Crippen molar-refractivity contribution >= 4 is 11.6 Å². The molecule has 1 fully saturated rings. The fraction of sp³-hybridized carbons (Fsp3) is 0.519. The molecule has 3 heterocycles. The molecule has 1 aliphatic rings. The van der Waals surface area contributed by atoms with E-state index in [0.717, 1.165) is 47.9 Å². The molecule has 0 spiro atoms. The smallest absolute Gasteiger partial charge is 0.254 e. The van der Waals surface area contributed by atoms with Crippen molar-refractivity contribution in [3.63, 3.8) is 0 Å². The van der Waals surface area contributed by atoms with E-state index in [1.807, 2.05) is 45.9 Å². The summed E-state index contributed by atoms with van der Waals surface area (Å²) in [7, 11) is 0. The second-order valence-electron chi connectivity index (χ2n) is 8.99. The van der Waals surface area contributed by atoms with Gasteiger partial charge in [0.1, 0.15) is 0 Å². The van der Waals surface area contributed by atoms with Gasteiger partial charge >= 0.3 is 0 Å². The van der Waals surface area contributed by atoms with Crippen molar-refractivity contribution in [2.45, 2.75) is 53.4 Å². The fourth-order valence-corrected chi connectivity index (χ4v) is 4.75. The van der Waals surface area contributed by atoms with Gasteiger partial charge in [-0.15, -0.1) is 0 Å². The molecule has 0 aliphatic carbocycles. The van der Waals surface area contributed by atoms with Crippen LogP contribution in [-0.2, 0) is 0 Å². The molecule has 1 amide bonds. The number of rotatable bonds is 9.